The molecule has 0 unspecified atom stereocenters. The summed E-state index contributed by atoms with van der Waals surface area (Å²) in [6.07, 6.45) is 0.508. The molecule has 19 heavy (non-hydrogen) atoms. The second-order valence-corrected chi connectivity index (χ2v) is 4.46. The van der Waals surface area contributed by atoms with Crippen LogP contribution in [0.3, 0.4) is 0 Å². The van der Waals surface area contributed by atoms with Crippen molar-refractivity contribution in [3.05, 3.63) is 23.3 Å². The van der Waals surface area contributed by atoms with Crippen molar-refractivity contribution in [1.29, 1.82) is 0 Å². The lowest BCUT2D eigenvalue weighted by Gasteiger charge is -2.13. The molecular formula is C14H19NO4. The van der Waals surface area contributed by atoms with Crippen molar-refractivity contribution in [2.75, 3.05) is 12.4 Å². The van der Waals surface area contributed by atoms with Gasteiger partial charge < -0.3 is 15.2 Å². The third kappa shape index (κ3) is 4.62. The molecule has 0 atom stereocenters. The van der Waals surface area contributed by atoms with Crippen molar-refractivity contribution in [1.82, 2.24) is 0 Å². The number of nitrogens with one attached hydrogen (secondary N) is 1. The second-order valence-electron chi connectivity index (χ2n) is 4.46. The monoisotopic (exact) mass is 265 g/mol. The van der Waals surface area contributed by atoms with E-state index in [-0.39, 0.29) is 18.7 Å². The molecule has 0 saturated carbocycles. The van der Waals surface area contributed by atoms with Gasteiger partial charge in [-0.25, -0.2) is 0 Å². The first-order valence-corrected chi connectivity index (χ1v) is 6.11. The van der Waals surface area contributed by atoms with Crippen LogP contribution < -0.4 is 10.1 Å². The number of benzene rings is 1. The fraction of sp³-hybridized carbons (Fsp3) is 0.429. The summed E-state index contributed by atoms with van der Waals surface area (Å²) in [5.74, 6) is -0.460. The zero-order valence-corrected chi connectivity index (χ0v) is 11.4. The Kier molecular flexibility index (Phi) is 5.36. The number of rotatable bonds is 6. The quantitative estimate of drug-likeness (QED) is 0.828. The Labute approximate surface area is 112 Å². The molecule has 5 nitrogen and oxygen atoms in total. The van der Waals surface area contributed by atoms with Crippen LogP contribution in [-0.4, -0.2) is 24.1 Å². The molecule has 104 valence electrons. The number of carbonyl (C=O) groups is 2. The van der Waals surface area contributed by atoms with Crippen LogP contribution in [0.25, 0.3) is 0 Å². The minimum Gasteiger partial charge on any atom is -0.494 e. The normalized spacial score (nSPS) is 10.1. The van der Waals surface area contributed by atoms with Crippen molar-refractivity contribution < 1.29 is 19.4 Å². The zero-order chi connectivity index (χ0) is 14.4. The van der Waals surface area contributed by atoms with Gasteiger partial charge in [-0.05, 0) is 37.5 Å². The highest BCUT2D eigenvalue weighted by molar-refractivity contribution is 5.92. The van der Waals surface area contributed by atoms with Crippen LogP contribution in [0.1, 0.15) is 30.4 Å². The van der Waals surface area contributed by atoms with Gasteiger partial charge in [0.1, 0.15) is 5.75 Å². The number of carboxylic acids is 1. The Balaban J connectivity index is 2.70. The maximum absolute atomic E-state index is 11.7. The minimum atomic E-state index is -0.892. The van der Waals surface area contributed by atoms with Crippen LogP contribution in [-0.2, 0) is 9.59 Å². The van der Waals surface area contributed by atoms with Crippen molar-refractivity contribution in [3.8, 4) is 5.75 Å². The summed E-state index contributed by atoms with van der Waals surface area (Å²) in [4.78, 5) is 22.1. The lowest BCUT2D eigenvalue weighted by molar-refractivity contribution is -0.137. The molecule has 0 aliphatic heterocycles. The maximum atomic E-state index is 11.7. The van der Waals surface area contributed by atoms with Crippen LogP contribution in [0.4, 0.5) is 5.69 Å². The molecule has 0 heterocycles. The molecule has 1 aromatic carbocycles. The third-order valence-corrected chi connectivity index (χ3v) is 2.69. The molecule has 1 aromatic rings. The molecule has 5 heteroatoms. The number of ether oxygens (including phenoxy) is 1. The fourth-order valence-corrected chi connectivity index (χ4v) is 1.93. The van der Waals surface area contributed by atoms with Crippen LogP contribution in [0, 0.1) is 13.8 Å². The van der Waals surface area contributed by atoms with E-state index < -0.39 is 5.97 Å². The van der Waals surface area contributed by atoms with Crippen LogP contribution in [0.2, 0.25) is 0 Å². The summed E-state index contributed by atoms with van der Waals surface area (Å²) in [6.45, 7) is 3.85. The molecule has 0 fully saturated rings. The fourth-order valence-electron chi connectivity index (χ4n) is 1.93. The molecular weight excluding hydrogens is 246 g/mol. The number of carboxylic acid groups (broad SMARTS) is 1. The SMILES string of the molecule is COc1c(C)cc(C)cc1NC(=O)CCCC(=O)O. The first kappa shape index (κ1) is 15.0. The molecule has 0 aliphatic carbocycles. The van der Waals surface area contributed by atoms with Gasteiger partial charge in [0.2, 0.25) is 5.91 Å². The number of hydrogen-bond donors (Lipinski definition) is 2. The molecule has 0 radical (unpaired) electrons. The average Bonchev–Trinajstić information content (AvgIpc) is 2.27. The number of amides is 1. The predicted octanol–water partition coefficient (Wildman–Crippen LogP) is 2.51. The minimum absolute atomic E-state index is 0.00258. The topological polar surface area (TPSA) is 75.6 Å². The first-order chi connectivity index (χ1) is 8.93. The molecule has 0 spiro atoms. The predicted molar refractivity (Wildman–Crippen MR) is 72.6 cm³/mol. The van der Waals surface area contributed by atoms with E-state index >= 15 is 0 Å². The van der Waals surface area contributed by atoms with E-state index in [0.29, 0.717) is 17.9 Å². The molecule has 2 N–H and O–H groups in total. The number of hydrogen-bond acceptors (Lipinski definition) is 3. The highest BCUT2D eigenvalue weighted by atomic mass is 16.5. The molecule has 1 amide bonds. The van der Waals surface area contributed by atoms with Crippen molar-refractivity contribution in [2.45, 2.75) is 33.1 Å². The molecule has 0 aromatic heterocycles. The number of anilines is 1. The van der Waals surface area contributed by atoms with Gasteiger partial charge in [-0.2, -0.15) is 0 Å². The van der Waals surface area contributed by atoms with Gasteiger partial charge in [0.05, 0.1) is 12.8 Å². The lowest BCUT2D eigenvalue weighted by Crippen LogP contribution is -2.13. The van der Waals surface area contributed by atoms with Crippen LogP contribution in [0.15, 0.2) is 12.1 Å². The van der Waals surface area contributed by atoms with E-state index in [0.717, 1.165) is 11.1 Å². The number of aliphatic carboxylic acids is 1. The van der Waals surface area contributed by atoms with Gasteiger partial charge in [-0.1, -0.05) is 6.07 Å². The Morgan fingerprint density at radius 2 is 1.95 bits per heavy atom. The van der Waals surface area contributed by atoms with Crippen molar-refractivity contribution in [3.63, 3.8) is 0 Å². The van der Waals surface area contributed by atoms with Gasteiger partial charge in [-0.15, -0.1) is 0 Å². The number of methoxy groups -OCH3 is 1. The highest BCUT2D eigenvalue weighted by Gasteiger charge is 2.11. The average molecular weight is 265 g/mol. The van der Waals surface area contributed by atoms with E-state index in [1.165, 1.54) is 0 Å². The third-order valence-electron chi connectivity index (χ3n) is 2.69. The summed E-state index contributed by atoms with van der Waals surface area (Å²) in [5.41, 5.74) is 2.60. The van der Waals surface area contributed by atoms with Gasteiger partial charge in [0.25, 0.3) is 0 Å². The van der Waals surface area contributed by atoms with E-state index in [1.807, 2.05) is 26.0 Å². The van der Waals surface area contributed by atoms with Gasteiger partial charge in [-0.3, -0.25) is 9.59 Å². The molecule has 0 saturated heterocycles. The summed E-state index contributed by atoms with van der Waals surface area (Å²) >= 11 is 0. The standard InChI is InChI=1S/C14H19NO4/c1-9-7-10(2)14(19-3)11(8-9)15-12(16)5-4-6-13(17)18/h7-8H,4-6H2,1-3H3,(H,15,16)(H,17,18). The number of aryl methyl sites for hydroxylation is 2. The van der Waals surface area contributed by atoms with E-state index in [4.69, 9.17) is 9.84 Å². The number of carbonyl (C=O) groups excluding carboxylic acids is 1. The molecule has 0 bridgehead atoms. The van der Waals surface area contributed by atoms with E-state index in [1.54, 1.807) is 7.11 Å². The maximum Gasteiger partial charge on any atom is 0.303 e. The summed E-state index contributed by atoms with van der Waals surface area (Å²) in [6, 6.07) is 3.81. The largest absolute Gasteiger partial charge is 0.494 e. The van der Waals surface area contributed by atoms with Crippen molar-refractivity contribution >= 4 is 17.6 Å². The Morgan fingerprint density at radius 1 is 1.26 bits per heavy atom. The zero-order valence-electron chi connectivity index (χ0n) is 11.4. The van der Waals surface area contributed by atoms with Crippen LogP contribution >= 0.6 is 0 Å². The van der Waals surface area contributed by atoms with Crippen molar-refractivity contribution in [2.24, 2.45) is 0 Å². The smallest absolute Gasteiger partial charge is 0.303 e. The highest BCUT2D eigenvalue weighted by Crippen LogP contribution is 2.29. The second kappa shape index (κ2) is 6.78. The lowest BCUT2D eigenvalue weighted by atomic mass is 10.1. The molecule has 1 rings (SSSR count). The van der Waals surface area contributed by atoms with E-state index in [9.17, 15) is 9.59 Å². The Morgan fingerprint density at radius 3 is 2.53 bits per heavy atom. The Bertz CT molecular complexity index is 483. The summed E-state index contributed by atoms with van der Waals surface area (Å²) in [7, 11) is 1.55. The summed E-state index contributed by atoms with van der Waals surface area (Å²) < 4.78 is 5.27. The summed E-state index contributed by atoms with van der Waals surface area (Å²) in [5, 5.41) is 11.3. The molecule has 0 aliphatic rings. The van der Waals surface area contributed by atoms with E-state index in [2.05, 4.69) is 5.32 Å². The first-order valence-electron chi connectivity index (χ1n) is 6.11. The Hall–Kier alpha value is -2.04. The van der Waals surface area contributed by atoms with Crippen LogP contribution in [0.5, 0.6) is 5.75 Å². The van der Waals surface area contributed by atoms with Gasteiger partial charge in [0, 0.05) is 12.8 Å². The van der Waals surface area contributed by atoms with Gasteiger partial charge in [0.15, 0.2) is 0 Å². The van der Waals surface area contributed by atoms with Gasteiger partial charge >= 0.3 is 5.97 Å².